The number of likely N-dealkylation sites (N-methyl/N-ethyl adjacent to an activating group) is 1. The van der Waals surface area contributed by atoms with Gasteiger partial charge in [-0.15, -0.1) is 0 Å². The molecule has 4 nitrogen and oxygen atoms in total. The first-order valence-electron chi connectivity index (χ1n) is 6.73. The standard InChI is InChI=1S/C16H12Cl3FN2O2/c1-22(16(24)11-4-2-9(20)6-13(11)18)8-15(23)21-10-3-5-12(17)14(19)7-10/h2-7H,8H2,1H3,(H,21,23). The van der Waals surface area contributed by atoms with Crippen LogP contribution in [0.15, 0.2) is 36.4 Å². The van der Waals surface area contributed by atoms with Gasteiger partial charge in [-0.3, -0.25) is 9.59 Å². The third-order valence-corrected chi connectivity index (χ3v) is 4.14. The van der Waals surface area contributed by atoms with E-state index in [2.05, 4.69) is 5.32 Å². The molecule has 0 radical (unpaired) electrons. The second kappa shape index (κ2) is 7.83. The summed E-state index contributed by atoms with van der Waals surface area (Å²) in [5.74, 6) is -1.47. The first kappa shape index (κ1) is 18.5. The maximum Gasteiger partial charge on any atom is 0.255 e. The van der Waals surface area contributed by atoms with Gasteiger partial charge in [-0.2, -0.15) is 0 Å². The molecule has 0 aliphatic heterocycles. The summed E-state index contributed by atoms with van der Waals surface area (Å²) >= 11 is 17.5. The molecule has 1 N–H and O–H groups in total. The van der Waals surface area contributed by atoms with E-state index in [0.29, 0.717) is 15.7 Å². The highest BCUT2D eigenvalue weighted by molar-refractivity contribution is 6.42. The Hall–Kier alpha value is -1.82. The molecule has 0 heterocycles. The normalized spacial score (nSPS) is 10.4. The minimum absolute atomic E-state index is 0.0169. The van der Waals surface area contributed by atoms with Crippen LogP contribution in [0.3, 0.4) is 0 Å². The Kier molecular flexibility index (Phi) is 6.04. The lowest BCUT2D eigenvalue weighted by molar-refractivity contribution is -0.116. The van der Waals surface area contributed by atoms with Crippen molar-refractivity contribution in [3.05, 3.63) is 62.8 Å². The molecule has 0 fully saturated rings. The predicted molar refractivity (Wildman–Crippen MR) is 93.5 cm³/mol. The lowest BCUT2D eigenvalue weighted by Crippen LogP contribution is -2.35. The Labute approximate surface area is 153 Å². The Balaban J connectivity index is 2.02. The number of nitrogens with one attached hydrogen (secondary N) is 1. The Morgan fingerprint density at radius 3 is 2.38 bits per heavy atom. The van der Waals surface area contributed by atoms with Crippen LogP contribution in [-0.2, 0) is 4.79 Å². The van der Waals surface area contributed by atoms with E-state index in [0.717, 1.165) is 12.1 Å². The molecule has 0 aromatic heterocycles. The summed E-state index contributed by atoms with van der Waals surface area (Å²) < 4.78 is 13.0. The number of benzene rings is 2. The quantitative estimate of drug-likeness (QED) is 0.837. The van der Waals surface area contributed by atoms with Crippen molar-refractivity contribution in [1.29, 1.82) is 0 Å². The second-order valence-corrected chi connectivity index (χ2v) is 6.18. The van der Waals surface area contributed by atoms with Crippen LogP contribution in [0.1, 0.15) is 10.4 Å². The third kappa shape index (κ3) is 4.60. The van der Waals surface area contributed by atoms with E-state index in [1.165, 1.54) is 24.1 Å². The molecule has 126 valence electrons. The molecule has 2 aromatic rings. The van der Waals surface area contributed by atoms with Crippen molar-refractivity contribution in [3.63, 3.8) is 0 Å². The molecule has 2 aromatic carbocycles. The minimum atomic E-state index is -0.545. The summed E-state index contributed by atoms with van der Waals surface area (Å²) in [5.41, 5.74) is 0.568. The molecule has 0 spiro atoms. The van der Waals surface area contributed by atoms with Crippen molar-refractivity contribution < 1.29 is 14.0 Å². The number of rotatable bonds is 4. The van der Waals surface area contributed by atoms with Crippen molar-refractivity contribution in [3.8, 4) is 0 Å². The van der Waals surface area contributed by atoms with Gasteiger partial charge in [-0.05, 0) is 36.4 Å². The molecule has 0 unspecified atom stereocenters. The molecule has 0 aliphatic carbocycles. The van der Waals surface area contributed by atoms with E-state index in [-0.39, 0.29) is 17.1 Å². The average Bonchev–Trinajstić information content (AvgIpc) is 2.50. The smallest absolute Gasteiger partial charge is 0.255 e. The number of nitrogens with zero attached hydrogens (tertiary/aromatic N) is 1. The van der Waals surface area contributed by atoms with Gasteiger partial charge in [-0.25, -0.2) is 4.39 Å². The van der Waals surface area contributed by atoms with Crippen LogP contribution in [-0.4, -0.2) is 30.3 Å². The first-order chi connectivity index (χ1) is 11.3. The zero-order valence-electron chi connectivity index (χ0n) is 12.4. The van der Waals surface area contributed by atoms with Crippen molar-refractivity contribution in [2.75, 3.05) is 18.9 Å². The van der Waals surface area contributed by atoms with E-state index in [1.807, 2.05) is 0 Å². The third-order valence-electron chi connectivity index (χ3n) is 3.09. The fourth-order valence-electron chi connectivity index (χ4n) is 1.93. The van der Waals surface area contributed by atoms with Crippen molar-refractivity contribution in [2.24, 2.45) is 0 Å². The summed E-state index contributed by atoms with van der Waals surface area (Å²) in [6.45, 7) is -0.215. The number of carbonyl (C=O) groups is 2. The van der Waals surface area contributed by atoms with Crippen LogP contribution in [0.25, 0.3) is 0 Å². The number of amides is 2. The first-order valence-corrected chi connectivity index (χ1v) is 7.86. The average molecular weight is 390 g/mol. The molecule has 2 rings (SSSR count). The van der Waals surface area contributed by atoms with Crippen LogP contribution in [0.4, 0.5) is 10.1 Å². The molecule has 0 bridgehead atoms. The molecule has 2 amide bonds. The number of hydrogen-bond donors (Lipinski definition) is 1. The monoisotopic (exact) mass is 388 g/mol. The van der Waals surface area contributed by atoms with E-state index >= 15 is 0 Å². The van der Waals surface area contributed by atoms with Crippen molar-refractivity contribution in [2.45, 2.75) is 0 Å². The van der Waals surface area contributed by atoms with Gasteiger partial charge in [0.25, 0.3) is 5.91 Å². The zero-order valence-corrected chi connectivity index (χ0v) is 14.7. The summed E-state index contributed by atoms with van der Waals surface area (Å²) in [5, 5.41) is 3.26. The fraction of sp³-hybridized carbons (Fsp3) is 0.125. The van der Waals surface area contributed by atoms with Gasteiger partial charge in [-0.1, -0.05) is 34.8 Å². The van der Waals surface area contributed by atoms with E-state index in [4.69, 9.17) is 34.8 Å². The van der Waals surface area contributed by atoms with Gasteiger partial charge < -0.3 is 10.2 Å². The molecule has 0 atom stereocenters. The second-order valence-electron chi connectivity index (χ2n) is 4.96. The number of anilines is 1. The summed E-state index contributed by atoms with van der Waals surface area (Å²) in [7, 11) is 1.44. The maximum atomic E-state index is 13.0. The Bertz CT molecular complexity index is 799. The highest BCUT2D eigenvalue weighted by Gasteiger charge is 2.18. The Morgan fingerprint density at radius 2 is 1.75 bits per heavy atom. The lowest BCUT2D eigenvalue weighted by Gasteiger charge is -2.17. The van der Waals surface area contributed by atoms with Crippen molar-refractivity contribution in [1.82, 2.24) is 4.90 Å². The van der Waals surface area contributed by atoms with Gasteiger partial charge in [0.1, 0.15) is 5.82 Å². The summed E-state index contributed by atoms with van der Waals surface area (Å²) in [6, 6.07) is 8.08. The summed E-state index contributed by atoms with van der Waals surface area (Å²) in [4.78, 5) is 25.5. The van der Waals surface area contributed by atoms with Crippen LogP contribution in [0, 0.1) is 5.82 Å². The number of carbonyl (C=O) groups excluding carboxylic acids is 2. The van der Waals surface area contributed by atoms with E-state index in [1.54, 1.807) is 12.1 Å². The molecular formula is C16H12Cl3FN2O2. The highest BCUT2D eigenvalue weighted by Crippen LogP contribution is 2.25. The van der Waals surface area contributed by atoms with Crippen LogP contribution in [0.5, 0.6) is 0 Å². The zero-order chi connectivity index (χ0) is 17.9. The molecular weight excluding hydrogens is 378 g/mol. The van der Waals surface area contributed by atoms with Crippen LogP contribution < -0.4 is 5.32 Å². The molecule has 8 heteroatoms. The lowest BCUT2D eigenvalue weighted by atomic mass is 10.2. The van der Waals surface area contributed by atoms with Gasteiger partial charge in [0.15, 0.2) is 0 Å². The topological polar surface area (TPSA) is 49.4 Å². The Morgan fingerprint density at radius 1 is 1.04 bits per heavy atom. The molecule has 24 heavy (non-hydrogen) atoms. The fourth-order valence-corrected chi connectivity index (χ4v) is 2.48. The van der Waals surface area contributed by atoms with Gasteiger partial charge in [0, 0.05) is 12.7 Å². The van der Waals surface area contributed by atoms with Crippen molar-refractivity contribution >= 4 is 52.3 Å². The molecule has 0 saturated heterocycles. The molecule has 0 saturated carbocycles. The predicted octanol–water partition coefficient (Wildman–Crippen LogP) is 4.50. The minimum Gasteiger partial charge on any atom is -0.332 e. The van der Waals surface area contributed by atoms with Gasteiger partial charge in [0.2, 0.25) is 5.91 Å². The van der Waals surface area contributed by atoms with Crippen LogP contribution >= 0.6 is 34.8 Å². The SMILES string of the molecule is CN(CC(=O)Nc1ccc(Cl)c(Cl)c1)C(=O)c1ccc(F)cc1Cl. The molecule has 0 aliphatic rings. The van der Waals surface area contributed by atoms with Crippen LogP contribution in [0.2, 0.25) is 15.1 Å². The highest BCUT2D eigenvalue weighted by atomic mass is 35.5. The summed E-state index contributed by atoms with van der Waals surface area (Å²) in [6.07, 6.45) is 0. The van der Waals surface area contributed by atoms with E-state index < -0.39 is 17.6 Å². The van der Waals surface area contributed by atoms with Gasteiger partial charge in [0.05, 0.1) is 27.2 Å². The largest absolute Gasteiger partial charge is 0.332 e. The maximum absolute atomic E-state index is 13.0. The number of hydrogen-bond acceptors (Lipinski definition) is 2. The van der Waals surface area contributed by atoms with Gasteiger partial charge >= 0.3 is 0 Å². The van der Waals surface area contributed by atoms with E-state index in [9.17, 15) is 14.0 Å². The number of halogens is 4.